The number of esters is 1. The number of fused-ring (bicyclic) bond motifs is 1. The minimum atomic E-state index is -1.40. The molecule has 148 valence electrons. The third-order valence-corrected chi connectivity index (χ3v) is 4.78. The van der Waals surface area contributed by atoms with Gasteiger partial charge in [-0.25, -0.2) is 4.79 Å². The van der Waals surface area contributed by atoms with Gasteiger partial charge in [-0.3, -0.25) is 4.79 Å². The zero-order valence-corrected chi connectivity index (χ0v) is 14.9. The second kappa shape index (κ2) is 7.81. The molecule has 2 aliphatic heterocycles. The summed E-state index contributed by atoms with van der Waals surface area (Å²) in [6, 6.07) is -1.05. The Bertz CT molecular complexity index is 699. The van der Waals surface area contributed by atoms with Gasteiger partial charge in [-0.1, -0.05) is 11.6 Å². The summed E-state index contributed by atoms with van der Waals surface area (Å²) in [4.78, 5) is 23.1. The van der Waals surface area contributed by atoms with Gasteiger partial charge in [0.2, 0.25) is 12.2 Å². The molecule has 9 heteroatoms. The molecule has 27 heavy (non-hydrogen) atoms. The van der Waals surface area contributed by atoms with Crippen LogP contribution >= 0.6 is 0 Å². The quantitative estimate of drug-likeness (QED) is 0.450. The van der Waals surface area contributed by atoms with E-state index in [9.17, 15) is 24.9 Å². The van der Waals surface area contributed by atoms with E-state index in [1.807, 2.05) is 13.0 Å². The van der Waals surface area contributed by atoms with E-state index in [-0.39, 0.29) is 5.92 Å². The Morgan fingerprint density at radius 2 is 2.07 bits per heavy atom. The predicted molar refractivity (Wildman–Crippen MR) is 90.8 cm³/mol. The van der Waals surface area contributed by atoms with Crippen LogP contribution < -0.4 is 5.32 Å². The van der Waals surface area contributed by atoms with E-state index in [1.54, 1.807) is 12.2 Å². The Morgan fingerprint density at radius 3 is 2.74 bits per heavy atom. The van der Waals surface area contributed by atoms with Gasteiger partial charge in [-0.15, -0.1) is 0 Å². The first-order chi connectivity index (χ1) is 12.8. The highest BCUT2D eigenvalue weighted by Gasteiger charge is 2.46. The normalized spacial score (nSPS) is 38.3. The van der Waals surface area contributed by atoms with Crippen LogP contribution in [0.3, 0.4) is 0 Å². The summed E-state index contributed by atoms with van der Waals surface area (Å²) in [6.45, 7) is 2.56. The average molecular weight is 381 g/mol. The monoisotopic (exact) mass is 381 g/mol. The molecule has 0 aromatic rings. The van der Waals surface area contributed by atoms with E-state index < -0.39 is 55.2 Å². The summed E-state index contributed by atoms with van der Waals surface area (Å²) in [5, 5.41) is 32.2. The van der Waals surface area contributed by atoms with Crippen molar-refractivity contribution < 1.29 is 39.1 Å². The van der Waals surface area contributed by atoms with Gasteiger partial charge in [-0.2, -0.15) is 0 Å². The van der Waals surface area contributed by atoms with Crippen LogP contribution in [0, 0.1) is 5.92 Å². The van der Waals surface area contributed by atoms with Crippen molar-refractivity contribution in [3.05, 3.63) is 35.6 Å². The molecule has 3 rings (SSSR count). The van der Waals surface area contributed by atoms with Crippen LogP contribution in [0.15, 0.2) is 35.6 Å². The third-order valence-electron chi connectivity index (χ3n) is 4.78. The SMILES string of the molecule is CC(=O)N[C@@H]1[C@@H](OC2=C[C@@H]3OC(=O)C=C(C)[C@@H]3C=C2)O[C@H](CO)[C@H](O)[C@H]1O. The van der Waals surface area contributed by atoms with Crippen LogP contribution in [0.1, 0.15) is 13.8 Å². The van der Waals surface area contributed by atoms with Crippen molar-refractivity contribution in [1.29, 1.82) is 0 Å². The first kappa shape index (κ1) is 19.6. The Morgan fingerprint density at radius 1 is 1.33 bits per heavy atom. The van der Waals surface area contributed by atoms with Gasteiger partial charge in [-0.05, 0) is 19.1 Å². The van der Waals surface area contributed by atoms with Crippen molar-refractivity contribution >= 4 is 11.9 Å². The maximum Gasteiger partial charge on any atom is 0.331 e. The lowest BCUT2D eigenvalue weighted by atomic mass is 9.88. The van der Waals surface area contributed by atoms with Crippen LogP contribution in [-0.4, -0.2) is 70.6 Å². The molecule has 0 unspecified atom stereocenters. The zero-order valence-electron chi connectivity index (χ0n) is 14.9. The van der Waals surface area contributed by atoms with Crippen LogP contribution in [0.5, 0.6) is 0 Å². The van der Waals surface area contributed by atoms with Gasteiger partial charge in [0.25, 0.3) is 0 Å². The Balaban J connectivity index is 1.78. The Labute approximate surface area is 155 Å². The van der Waals surface area contributed by atoms with Crippen molar-refractivity contribution in [2.75, 3.05) is 6.61 Å². The highest BCUT2D eigenvalue weighted by atomic mass is 16.7. The summed E-state index contributed by atoms with van der Waals surface area (Å²) in [7, 11) is 0. The molecule has 0 aromatic carbocycles. The van der Waals surface area contributed by atoms with Gasteiger partial charge in [0.15, 0.2) is 0 Å². The lowest BCUT2D eigenvalue weighted by Crippen LogP contribution is -2.64. The van der Waals surface area contributed by atoms with E-state index >= 15 is 0 Å². The molecule has 0 radical (unpaired) electrons. The molecule has 1 aliphatic carbocycles. The average Bonchev–Trinajstić information content (AvgIpc) is 2.60. The topological polar surface area (TPSA) is 135 Å². The van der Waals surface area contributed by atoms with E-state index in [4.69, 9.17) is 14.2 Å². The second-order valence-corrected chi connectivity index (χ2v) is 6.79. The summed E-state index contributed by atoms with van der Waals surface area (Å²) < 4.78 is 16.6. The minimum Gasteiger partial charge on any atom is -0.463 e. The molecular weight excluding hydrogens is 358 g/mol. The molecule has 2 heterocycles. The molecule has 0 aromatic heterocycles. The van der Waals surface area contributed by atoms with Gasteiger partial charge in [0, 0.05) is 18.9 Å². The van der Waals surface area contributed by atoms with Crippen molar-refractivity contribution in [1.82, 2.24) is 5.32 Å². The fraction of sp³-hybridized carbons (Fsp3) is 0.556. The minimum absolute atomic E-state index is 0.0916. The molecule has 0 saturated carbocycles. The van der Waals surface area contributed by atoms with Crippen LogP contribution in [0.25, 0.3) is 0 Å². The van der Waals surface area contributed by atoms with Gasteiger partial charge >= 0.3 is 5.97 Å². The van der Waals surface area contributed by atoms with Crippen molar-refractivity contribution in [3.8, 4) is 0 Å². The maximum absolute atomic E-state index is 11.6. The number of rotatable bonds is 4. The summed E-state index contributed by atoms with van der Waals surface area (Å²) in [6.07, 6.45) is 0.990. The lowest BCUT2D eigenvalue weighted by molar-refractivity contribution is -0.258. The first-order valence-corrected chi connectivity index (χ1v) is 8.65. The predicted octanol–water partition coefficient (Wildman–Crippen LogP) is -1.11. The number of carbonyl (C=O) groups is 2. The number of aliphatic hydroxyl groups is 3. The molecule has 1 fully saturated rings. The van der Waals surface area contributed by atoms with E-state index in [2.05, 4.69) is 5.32 Å². The summed E-state index contributed by atoms with van der Waals surface area (Å²) in [5.74, 6) is -0.657. The molecule has 7 atom stereocenters. The highest BCUT2D eigenvalue weighted by Crippen LogP contribution is 2.32. The van der Waals surface area contributed by atoms with Crippen LogP contribution in [0.2, 0.25) is 0 Å². The highest BCUT2D eigenvalue weighted by molar-refractivity contribution is 5.84. The molecule has 4 N–H and O–H groups in total. The van der Waals surface area contributed by atoms with Crippen molar-refractivity contribution in [2.24, 2.45) is 5.92 Å². The molecule has 3 aliphatic rings. The Hall–Kier alpha value is -2.20. The largest absolute Gasteiger partial charge is 0.463 e. The number of aliphatic hydroxyl groups excluding tert-OH is 3. The molecule has 9 nitrogen and oxygen atoms in total. The van der Waals surface area contributed by atoms with Crippen molar-refractivity contribution in [2.45, 2.75) is 50.6 Å². The van der Waals surface area contributed by atoms with E-state index in [1.165, 1.54) is 13.0 Å². The molecule has 1 saturated heterocycles. The number of hydrogen-bond donors (Lipinski definition) is 4. The Kier molecular flexibility index (Phi) is 5.66. The smallest absolute Gasteiger partial charge is 0.331 e. The standard InChI is InChI=1S/C18H23NO8/c1-8-5-14(22)26-12-6-10(3-4-11(8)12)25-18-15(19-9(2)21)17(24)16(23)13(7-20)27-18/h3-6,11-13,15-18,20,23-24H,7H2,1-2H3,(H,19,21)/t11-,12-,13+,15-,16-,17-,18-/m0/s1. The number of carbonyl (C=O) groups excluding carboxylic acids is 2. The molecule has 1 amide bonds. The number of ether oxygens (including phenoxy) is 3. The number of allylic oxidation sites excluding steroid dienone is 1. The van der Waals surface area contributed by atoms with Gasteiger partial charge in [0.1, 0.15) is 36.2 Å². The molecule has 0 bridgehead atoms. The number of amides is 1. The lowest BCUT2D eigenvalue weighted by Gasteiger charge is -2.42. The zero-order chi connectivity index (χ0) is 19.7. The van der Waals surface area contributed by atoms with Crippen molar-refractivity contribution in [3.63, 3.8) is 0 Å². The fourth-order valence-corrected chi connectivity index (χ4v) is 3.38. The van der Waals surface area contributed by atoms with E-state index in [0.717, 1.165) is 5.57 Å². The number of nitrogens with one attached hydrogen (secondary N) is 1. The van der Waals surface area contributed by atoms with Gasteiger partial charge < -0.3 is 34.8 Å². The van der Waals surface area contributed by atoms with Crippen LogP contribution in [-0.2, 0) is 23.8 Å². The van der Waals surface area contributed by atoms with Crippen LogP contribution in [0.4, 0.5) is 0 Å². The maximum atomic E-state index is 11.6. The molecular formula is C18H23NO8. The van der Waals surface area contributed by atoms with Gasteiger partial charge in [0.05, 0.1) is 6.61 Å². The number of hydrogen-bond acceptors (Lipinski definition) is 8. The van der Waals surface area contributed by atoms with E-state index in [0.29, 0.717) is 5.76 Å². The second-order valence-electron chi connectivity index (χ2n) is 6.79. The summed E-state index contributed by atoms with van der Waals surface area (Å²) in [5.41, 5.74) is 0.867. The first-order valence-electron chi connectivity index (χ1n) is 8.65. The fourth-order valence-electron chi connectivity index (χ4n) is 3.38. The molecule has 0 spiro atoms. The third kappa shape index (κ3) is 4.06. The summed E-state index contributed by atoms with van der Waals surface area (Å²) >= 11 is 0.